The largest absolute Gasteiger partial charge is 0.497 e. The van der Waals surface area contributed by atoms with E-state index in [1.807, 2.05) is 43.3 Å². The summed E-state index contributed by atoms with van der Waals surface area (Å²) >= 11 is 6.59. The molecular formula is C27H27N5O3S2. The molecule has 0 aliphatic carbocycles. The summed E-state index contributed by atoms with van der Waals surface area (Å²) in [5.41, 5.74) is 2.81. The Balaban J connectivity index is 1.51. The SMILES string of the molecule is C=CCN1C(=O)/C(=C/c2c(N3CCN(c4ccc(OC)cc4)CC3)nc3ccc(C)cn3c2=O)SC1=S. The van der Waals surface area contributed by atoms with E-state index < -0.39 is 0 Å². The van der Waals surface area contributed by atoms with Crippen LogP contribution >= 0.6 is 24.0 Å². The number of carbonyl (C=O) groups excluding carboxylic acids is 1. The predicted octanol–water partition coefficient (Wildman–Crippen LogP) is 3.73. The number of pyridine rings is 1. The fourth-order valence-corrected chi connectivity index (χ4v) is 5.76. The molecule has 1 amide bonds. The molecule has 1 aromatic carbocycles. The zero-order chi connectivity index (χ0) is 26.1. The summed E-state index contributed by atoms with van der Waals surface area (Å²) in [6.07, 6.45) is 5.06. The van der Waals surface area contributed by atoms with Gasteiger partial charge in [0.1, 0.15) is 21.5 Å². The van der Waals surface area contributed by atoms with Gasteiger partial charge in [0.25, 0.3) is 11.5 Å². The van der Waals surface area contributed by atoms with Crippen LogP contribution in [0.1, 0.15) is 11.1 Å². The number of rotatable bonds is 6. The van der Waals surface area contributed by atoms with Crippen LogP contribution < -0.4 is 20.1 Å². The van der Waals surface area contributed by atoms with Crippen molar-refractivity contribution in [3.63, 3.8) is 0 Å². The topological polar surface area (TPSA) is 70.4 Å². The molecule has 2 saturated heterocycles. The van der Waals surface area contributed by atoms with E-state index in [9.17, 15) is 9.59 Å². The van der Waals surface area contributed by atoms with Gasteiger partial charge in [0.05, 0.1) is 17.6 Å². The van der Waals surface area contributed by atoms with Gasteiger partial charge in [0, 0.05) is 44.6 Å². The Morgan fingerprint density at radius 3 is 2.46 bits per heavy atom. The number of methoxy groups -OCH3 is 1. The number of thioether (sulfide) groups is 1. The van der Waals surface area contributed by atoms with Crippen molar-refractivity contribution < 1.29 is 9.53 Å². The minimum absolute atomic E-state index is 0.213. The van der Waals surface area contributed by atoms with Crippen molar-refractivity contribution in [1.82, 2.24) is 14.3 Å². The number of nitrogens with zero attached hydrogens (tertiary/aromatic N) is 5. The standard InChI is InChI=1S/C27H27N5O3S2/c1-4-11-31-26(34)22(37-27(31)36)16-21-24(28-23-10-5-18(2)17-32(23)25(21)33)30-14-12-29(13-15-30)19-6-8-20(35-3)9-7-19/h4-10,16-17H,1,11-15H2,2-3H3/b22-16-. The Bertz CT molecular complexity index is 1470. The van der Waals surface area contributed by atoms with Crippen molar-refractivity contribution in [3.8, 4) is 5.75 Å². The second-order valence-electron chi connectivity index (χ2n) is 8.84. The van der Waals surface area contributed by atoms with Gasteiger partial charge in [0.2, 0.25) is 0 Å². The molecule has 10 heteroatoms. The first-order valence-electron chi connectivity index (χ1n) is 11.9. The lowest BCUT2D eigenvalue weighted by atomic mass is 10.2. The van der Waals surface area contributed by atoms with Crippen molar-refractivity contribution in [3.05, 3.63) is 81.6 Å². The number of thiocarbonyl (C=S) groups is 1. The van der Waals surface area contributed by atoms with Crippen LogP contribution in [-0.4, -0.2) is 64.3 Å². The molecule has 8 nitrogen and oxygen atoms in total. The molecule has 0 bridgehead atoms. The highest BCUT2D eigenvalue weighted by Gasteiger charge is 2.32. The molecule has 0 spiro atoms. The average Bonchev–Trinajstić information content (AvgIpc) is 3.18. The van der Waals surface area contributed by atoms with Crippen molar-refractivity contribution in [2.24, 2.45) is 0 Å². The zero-order valence-electron chi connectivity index (χ0n) is 20.7. The lowest BCUT2D eigenvalue weighted by Crippen LogP contribution is -2.47. The van der Waals surface area contributed by atoms with Crippen LogP contribution in [0.15, 0.2) is 64.9 Å². The fourth-order valence-electron chi connectivity index (χ4n) is 4.50. The molecule has 190 valence electrons. The Morgan fingerprint density at radius 1 is 1.08 bits per heavy atom. The Hall–Kier alpha value is -3.63. The van der Waals surface area contributed by atoms with Gasteiger partial charge in [-0.2, -0.15) is 0 Å². The molecule has 0 saturated carbocycles. The minimum atomic E-state index is -0.223. The maximum atomic E-state index is 13.7. The van der Waals surface area contributed by atoms with Crippen molar-refractivity contribution >= 4 is 57.4 Å². The number of aromatic nitrogens is 2. The van der Waals surface area contributed by atoms with Crippen LogP contribution in [-0.2, 0) is 4.79 Å². The molecule has 0 unspecified atom stereocenters. The van der Waals surface area contributed by atoms with Gasteiger partial charge in [-0.3, -0.25) is 18.9 Å². The molecule has 0 N–H and O–H groups in total. The van der Waals surface area contributed by atoms with Crippen LogP contribution in [0.5, 0.6) is 5.75 Å². The molecule has 3 aromatic rings. The van der Waals surface area contributed by atoms with Gasteiger partial charge in [-0.05, 0) is 48.9 Å². The highest BCUT2D eigenvalue weighted by molar-refractivity contribution is 8.26. The highest BCUT2D eigenvalue weighted by atomic mass is 32.2. The first kappa shape index (κ1) is 25.0. The highest BCUT2D eigenvalue weighted by Crippen LogP contribution is 2.33. The number of benzene rings is 1. The lowest BCUT2D eigenvalue weighted by Gasteiger charge is -2.37. The third-order valence-corrected chi connectivity index (χ3v) is 7.84. The summed E-state index contributed by atoms with van der Waals surface area (Å²) in [5, 5.41) is 0. The number of piperazine rings is 1. The van der Waals surface area contributed by atoms with Crippen LogP contribution in [0.3, 0.4) is 0 Å². The van der Waals surface area contributed by atoms with Crippen LogP contribution in [0.25, 0.3) is 11.7 Å². The zero-order valence-corrected chi connectivity index (χ0v) is 22.3. The second kappa shape index (κ2) is 10.4. The van der Waals surface area contributed by atoms with Gasteiger partial charge < -0.3 is 14.5 Å². The van der Waals surface area contributed by atoms with E-state index >= 15 is 0 Å². The maximum absolute atomic E-state index is 13.7. The molecule has 2 aliphatic heterocycles. The molecule has 37 heavy (non-hydrogen) atoms. The maximum Gasteiger partial charge on any atom is 0.267 e. The van der Waals surface area contributed by atoms with Gasteiger partial charge in [-0.15, -0.1) is 6.58 Å². The number of carbonyl (C=O) groups is 1. The van der Waals surface area contributed by atoms with Crippen LogP contribution in [0, 0.1) is 6.92 Å². The molecule has 4 heterocycles. The third kappa shape index (κ3) is 4.86. The molecule has 0 atom stereocenters. The monoisotopic (exact) mass is 533 g/mol. The summed E-state index contributed by atoms with van der Waals surface area (Å²) < 4.78 is 7.27. The van der Waals surface area contributed by atoms with E-state index in [2.05, 4.69) is 16.4 Å². The molecular weight excluding hydrogens is 506 g/mol. The second-order valence-corrected chi connectivity index (χ2v) is 10.5. The first-order valence-corrected chi connectivity index (χ1v) is 13.2. The molecule has 2 aromatic heterocycles. The number of amides is 1. The number of ether oxygens (including phenoxy) is 1. The summed E-state index contributed by atoms with van der Waals surface area (Å²) in [7, 11) is 1.66. The average molecular weight is 534 g/mol. The number of anilines is 2. The van der Waals surface area contributed by atoms with Crippen LogP contribution in [0.4, 0.5) is 11.5 Å². The molecule has 2 aliphatic rings. The van der Waals surface area contributed by atoms with Gasteiger partial charge >= 0.3 is 0 Å². The van der Waals surface area contributed by atoms with Gasteiger partial charge in [-0.25, -0.2) is 4.98 Å². The smallest absolute Gasteiger partial charge is 0.267 e. The van der Waals surface area contributed by atoms with Gasteiger partial charge in [-0.1, -0.05) is 36.1 Å². The Morgan fingerprint density at radius 2 is 1.78 bits per heavy atom. The van der Waals surface area contributed by atoms with E-state index in [1.54, 1.807) is 29.9 Å². The summed E-state index contributed by atoms with van der Waals surface area (Å²) in [6.45, 7) is 8.86. The molecule has 5 rings (SSSR count). The number of hydrogen-bond donors (Lipinski definition) is 0. The summed E-state index contributed by atoms with van der Waals surface area (Å²) in [5.74, 6) is 1.18. The van der Waals surface area contributed by atoms with E-state index in [0.717, 1.165) is 30.1 Å². The van der Waals surface area contributed by atoms with Gasteiger partial charge in [0.15, 0.2) is 0 Å². The normalized spacial score (nSPS) is 17.2. The predicted molar refractivity (Wildman–Crippen MR) is 154 cm³/mol. The quantitative estimate of drug-likeness (QED) is 0.270. The molecule has 0 radical (unpaired) electrons. The molecule has 2 fully saturated rings. The third-order valence-electron chi connectivity index (χ3n) is 6.46. The van der Waals surface area contributed by atoms with Crippen molar-refractivity contribution in [2.75, 3.05) is 49.6 Å². The first-order chi connectivity index (χ1) is 17.9. The fraction of sp³-hybridized carbons (Fsp3) is 0.259. The summed E-state index contributed by atoms with van der Waals surface area (Å²) in [4.78, 5) is 37.9. The van der Waals surface area contributed by atoms with E-state index in [1.165, 1.54) is 16.7 Å². The van der Waals surface area contributed by atoms with E-state index in [-0.39, 0.29) is 11.5 Å². The minimum Gasteiger partial charge on any atom is -0.497 e. The number of aryl methyl sites for hydroxylation is 1. The van der Waals surface area contributed by atoms with Crippen LogP contribution in [0.2, 0.25) is 0 Å². The lowest BCUT2D eigenvalue weighted by molar-refractivity contribution is -0.121. The van der Waals surface area contributed by atoms with Crippen molar-refractivity contribution in [1.29, 1.82) is 0 Å². The van der Waals surface area contributed by atoms with E-state index in [4.69, 9.17) is 21.9 Å². The van der Waals surface area contributed by atoms with Crippen molar-refractivity contribution in [2.45, 2.75) is 6.92 Å². The summed E-state index contributed by atoms with van der Waals surface area (Å²) in [6, 6.07) is 11.8. The number of hydrogen-bond acceptors (Lipinski definition) is 8. The Labute approximate surface area is 224 Å². The Kier molecular flexibility index (Phi) is 7.03. The number of fused-ring (bicyclic) bond motifs is 1. The van der Waals surface area contributed by atoms with E-state index in [0.29, 0.717) is 45.9 Å².